The Morgan fingerprint density at radius 1 is 0.762 bits per heavy atom. The van der Waals surface area contributed by atoms with Gasteiger partial charge in [0.1, 0.15) is 0 Å². The summed E-state index contributed by atoms with van der Waals surface area (Å²) in [6.45, 7) is 11.8. The molecule has 0 N–H and O–H groups in total. The molecular weight excluding hydrogens is 260 g/mol. The van der Waals surface area contributed by atoms with Crippen molar-refractivity contribution in [2.45, 2.75) is 43.7 Å². The van der Waals surface area contributed by atoms with Gasteiger partial charge < -0.3 is 9.80 Å². The lowest BCUT2D eigenvalue weighted by atomic mass is 9.67. The average molecular weight is 292 g/mol. The standard InChI is InChI=1S/C17H32N4/c1-18-7-2-8-19-11-6-17-5-4-16(17)20(14-12-18)9-3-10-21(17)15-13-19/h16H,2-15H2,1H3. The molecule has 4 nitrogen and oxygen atoms in total. The van der Waals surface area contributed by atoms with Crippen molar-refractivity contribution in [2.75, 3.05) is 66.0 Å². The predicted molar refractivity (Wildman–Crippen MR) is 86.7 cm³/mol. The molecule has 3 aliphatic heterocycles. The molecule has 4 heteroatoms. The minimum Gasteiger partial charge on any atom is -0.305 e. The van der Waals surface area contributed by atoms with E-state index in [1.807, 2.05) is 0 Å². The molecule has 3 saturated heterocycles. The Morgan fingerprint density at radius 3 is 2.52 bits per heavy atom. The van der Waals surface area contributed by atoms with Crippen LogP contribution in [0.3, 0.4) is 0 Å². The minimum atomic E-state index is 0.545. The molecular formula is C17H32N4. The predicted octanol–water partition coefficient (Wildman–Crippen LogP) is 0.937. The summed E-state index contributed by atoms with van der Waals surface area (Å²) in [6.07, 6.45) is 7.04. The van der Waals surface area contributed by atoms with Gasteiger partial charge in [-0.3, -0.25) is 9.80 Å². The molecule has 1 aliphatic carbocycles. The van der Waals surface area contributed by atoms with Crippen molar-refractivity contribution in [3.05, 3.63) is 0 Å². The summed E-state index contributed by atoms with van der Waals surface area (Å²) in [5.41, 5.74) is 0.545. The zero-order valence-electron chi connectivity index (χ0n) is 13.8. The quantitative estimate of drug-likeness (QED) is 0.659. The Morgan fingerprint density at radius 2 is 1.67 bits per heavy atom. The Labute approximate surface area is 130 Å². The van der Waals surface area contributed by atoms with Crippen LogP contribution >= 0.6 is 0 Å². The number of hydrogen-bond donors (Lipinski definition) is 0. The molecule has 0 amide bonds. The van der Waals surface area contributed by atoms with E-state index in [0.717, 1.165) is 6.04 Å². The van der Waals surface area contributed by atoms with Crippen LogP contribution in [0.25, 0.3) is 0 Å². The molecule has 0 aromatic heterocycles. The van der Waals surface area contributed by atoms with Crippen LogP contribution in [0, 0.1) is 0 Å². The van der Waals surface area contributed by atoms with E-state index < -0.39 is 0 Å². The first-order valence-corrected chi connectivity index (χ1v) is 9.18. The molecule has 0 radical (unpaired) electrons. The molecule has 1 spiro atoms. The van der Waals surface area contributed by atoms with E-state index in [0.29, 0.717) is 5.54 Å². The number of rotatable bonds is 0. The van der Waals surface area contributed by atoms with Crippen LogP contribution in [0.4, 0.5) is 0 Å². The van der Waals surface area contributed by atoms with Gasteiger partial charge in [-0.1, -0.05) is 0 Å². The highest BCUT2D eigenvalue weighted by Crippen LogP contribution is 2.46. The van der Waals surface area contributed by atoms with Gasteiger partial charge in [-0.25, -0.2) is 0 Å². The van der Waals surface area contributed by atoms with E-state index in [2.05, 4.69) is 26.6 Å². The lowest BCUT2D eigenvalue weighted by Gasteiger charge is -2.57. The van der Waals surface area contributed by atoms with Crippen molar-refractivity contribution in [3.8, 4) is 0 Å². The third-order valence-corrected chi connectivity index (χ3v) is 6.75. The van der Waals surface area contributed by atoms with E-state index in [9.17, 15) is 0 Å². The fourth-order valence-corrected chi connectivity index (χ4v) is 5.32. The van der Waals surface area contributed by atoms with Crippen LogP contribution in [0.1, 0.15) is 32.1 Å². The van der Waals surface area contributed by atoms with Gasteiger partial charge in [-0.15, -0.1) is 0 Å². The summed E-state index contributed by atoms with van der Waals surface area (Å²) in [7, 11) is 2.31. The SMILES string of the molecule is CN1CCCN2CCN3CCCN(CC1)C1CCC13CC2. The first-order chi connectivity index (χ1) is 10.3. The maximum Gasteiger partial charge on any atom is 0.0378 e. The first-order valence-electron chi connectivity index (χ1n) is 9.18. The summed E-state index contributed by atoms with van der Waals surface area (Å²) in [5, 5.41) is 0. The minimum absolute atomic E-state index is 0.545. The van der Waals surface area contributed by atoms with E-state index >= 15 is 0 Å². The molecule has 4 unspecified atom stereocenters. The third kappa shape index (κ3) is 2.54. The molecule has 21 heavy (non-hydrogen) atoms. The second kappa shape index (κ2) is 5.80. The monoisotopic (exact) mass is 292 g/mol. The highest BCUT2D eigenvalue weighted by Gasteiger charge is 2.54. The van der Waals surface area contributed by atoms with Gasteiger partial charge in [0.05, 0.1) is 0 Å². The summed E-state index contributed by atoms with van der Waals surface area (Å²) < 4.78 is 0. The van der Waals surface area contributed by atoms with Gasteiger partial charge in [0.15, 0.2) is 0 Å². The Kier molecular flexibility index (Phi) is 3.99. The van der Waals surface area contributed by atoms with Crippen LogP contribution in [0.2, 0.25) is 0 Å². The fraction of sp³-hybridized carbons (Fsp3) is 1.00. The molecule has 0 aromatic carbocycles. The topological polar surface area (TPSA) is 13.0 Å². The van der Waals surface area contributed by atoms with E-state index in [1.165, 1.54) is 91.0 Å². The second-order valence-corrected chi connectivity index (χ2v) is 7.78. The van der Waals surface area contributed by atoms with Gasteiger partial charge in [0, 0.05) is 50.8 Å². The van der Waals surface area contributed by atoms with Crippen molar-refractivity contribution in [3.63, 3.8) is 0 Å². The van der Waals surface area contributed by atoms with Crippen molar-refractivity contribution in [1.29, 1.82) is 0 Å². The Balaban J connectivity index is 1.61. The molecule has 4 atom stereocenters. The zero-order valence-corrected chi connectivity index (χ0v) is 13.8. The molecule has 3 heterocycles. The molecule has 1 saturated carbocycles. The number of likely N-dealkylation sites (N-methyl/N-ethyl adjacent to an activating group) is 1. The summed E-state index contributed by atoms with van der Waals surface area (Å²) in [6, 6.07) is 0.854. The zero-order chi connectivity index (χ0) is 14.3. The van der Waals surface area contributed by atoms with Gasteiger partial charge in [-0.2, -0.15) is 0 Å². The van der Waals surface area contributed by atoms with Crippen LogP contribution in [-0.2, 0) is 0 Å². The first kappa shape index (κ1) is 14.4. The van der Waals surface area contributed by atoms with E-state index in [4.69, 9.17) is 0 Å². The van der Waals surface area contributed by atoms with Crippen LogP contribution < -0.4 is 0 Å². The van der Waals surface area contributed by atoms with E-state index in [-0.39, 0.29) is 0 Å². The molecule has 4 rings (SSSR count). The van der Waals surface area contributed by atoms with Gasteiger partial charge in [0.25, 0.3) is 0 Å². The van der Waals surface area contributed by atoms with Crippen molar-refractivity contribution in [1.82, 2.24) is 19.6 Å². The number of hydrogen-bond acceptors (Lipinski definition) is 4. The maximum absolute atomic E-state index is 2.91. The maximum atomic E-state index is 2.91. The smallest absolute Gasteiger partial charge is 0.0378 e. The Hall–Kier alpha value is -0.160. The van der Waals surface area contributed by atoms with Crippen molar-refractivity contribution >= 4 is 0 Å². The van der Waals surface area contributed by atoms with Gasteiger partial charge in [-0.05, 0) is 58.8 Å². The van der Waals surface area contributed by atoms with Gasteiger partial charge in [0.2, 0.25) is 0 Å². The third-order valence-electron chi connectivity index (χ3n) is 6.75. The molecule has 4 aliphatic rings. The lowest BCUT2D eigenvalue weighted by molar-refractivity contribution is -0.0542. The van der Waals surface area contributed by atoms with Gasteiger partial charge >= 0.3 is 0 Å². The molecule has 0 aromatic rings. The molecule has 4 fully saturated rings. The summed E-state index contributed by atoms with van der Waals surface area (Å²) in [5.74, 6) is 0. The number of nitrogens with zero attached hydrogens (tertiary/aromatic N) is 4. The van der Waals surface area contributed by atoms with Crippen molar-refractivity contribution in [2.24, 2.45) is 0 Å². The largest absolute Gasteiger partial charge is 0.305 e. The number of fused-ring (bicyclic) bond motifs is 2. The Bertz CT molecular complexity index is 374. The highest BCUT2D eigenvalue weighted by molar-refractivity contribution is 5.12. The van der Waals surface area contributed by atoms with Crippen LogP contribution in [-0.4, -0.2) is 97.1 Å². The molecule has 120 valence electrons. The summed E-state index contributed by atoms with van der Waals surface area (Å²) >= 11 is 0. The normalized spacial score (nSPS) is 45.9. The van der Waals surface area contributed by atoms with Crippen molar-refractivity contribution < 1.29 is 0 Å². The van der Waals surface area contributed by atoms with Crippen LogP contribution in [0.15, 0.2) is 0 Å². The average Bonchev–Trinajstić information content (AvgIpc) is 2.69. The molecule has 3 bridgehead atoms. The van der Waals surface area contributed by atoms with Crippen LogP contribution in [0.5, 0.6) is 0 Å². The summed E-state index contributed by atoms with van der Waals surface area (Å²) in [4.78, 5) is 11.1. The van der Waals surface area contributed by atoms with E-state index in [1.54, 1.807) is 0 Å². The second-order valence-electron chi connectivity index (χ2n) is 7.78. The highest BCUT2D eigenvalue weighted by atomic mass is 15.4. The fourth-order valence-electron chi connectivity index (χ4n) is 5.32. The lowest BCUT2D eigenvalue weighted by Crippen LogP contribution is -2.67.